The van der Waals surface area contributed by atoms with Crippen molar-refractivity contribution in [1.82, 2.24) is 0 Å². The van der Waals surface area contributed by atoms with Crippen molar-refractivity contribution in [1.29, 1.82) is 0 Å². The predicted molar refractivity (Wildman–Crippen MR) is 145 cm³/mol. The first kappa shape index (κ1) is 27.6. The summed E-state index contributed by atoms with van der Waals surface area (Å²) in [5.74, 6) is 2.69. The fourth-order valence-corrected chi connectivity index (χ4v) is 10.5. The van der Waals surface area contributed by atoms with Gasteiger partial charge in [-0.3, -0.25) is 0 Å². The molecule has 0 heterocycles. The zero-order chi connectivity index (χ0) is 26.0. The van der Waals surface area contributed by atoms with Gasteiger partial charge in [0.1, 0.15) is 0 Å². The normalized spacial score (nSPS) is 45.8. The van der Waals surface area contributed by atoms with Gasteiger partial charge in [-0.05, 0) is 130 Å². The van der Waals surface area contributed by atoms with Crippen molar-refractivity contribution in [3.63, 3.8) is 0 Å². The zero-order valence-electron chi connectivity index (χ0n) is 24.3. The van der Waals surface area contributed by atoms with Gasteiger partial charge in [-0.25, -0.2) is 0 Å². The Morgan fingerprint density at radius 3 is 2.26 bits per heavy atom. The van der Waals surface area contributed by atoms with Gasteiger partial charge in [0.25, 0.3) is 0 Å². The number of ether oxygens (including phenoxy) is 1. The van der Waals surface area contributed by atoms with Crippen LogP contribution in [-0.2, 0) is 4.74 Å². The quantitative estimate of drug-likeness (QED) is 0.364. The third-order valence-corrected chi connectivity index (χ3v) is 13.0. The molecule has 4 fully saturated rings. The van der Waals surface area contributed by atoms with Crippen molar-refractivity contribution in [3.8, 4) is 0 Å². The van der Waals surface area contributed by atoms with Crippen LogP contribution in [0.2, 0.25) is 0 Å². The summed E-state index contributed by atoms with van der Waals surface area (Å²) < 4.78 is 5.80. The van der Waals surface area contributed by atoms with Crippen LogP contribution in [0.25, 0.3) is 0 Å². The maximum atomic E-state index is 10.9. The van der Waals surface area contributed by atoms with Crippen molar-refractivity contribution in [2.75, 3.05) is 6.61 Å². The number of aliphatic hydroxyl groups is 2. The maximum Gasteiger partial charge on any atom is 0.0884 e. The molecule has 0 radical (unpaired) electrons. The summed E-state index contributed by atoms with van der Waals surface area (Å²) in [5, 5.41) is 21.7. The zero-order valence-corrected chi connectivity index (χ0v) is 24.3. The Kier molecular flexibility index (Phi) is 7.21. The highest BCUT2D eigenvalue weighted by atomic mass is 16.5. The Morgan fingerprint density at radius 1 is 0.943 bits per heavy atom. The molecule has 0 aliphatic heterocycles. The van der Waals surface area contributed by atoms with Gasteiger partial charge in [-0.1, -0.05) is 46.8 Å². The van der Waals surface area contributed by atoms with Crippen LogP contribution in [0.5, 0.6) is 0 Å². The van der Waals surface area contributed by atoms with Gasteiger partial charge >= 0.3 is 0 Å². The van der Waals surface area contributed by atoms with Gasteiger partial charge in [-0.2, -0.15) is 0 Å². The van der Waals surface area contributed by atoms with Crippen molar-refractivity contribution >= 4 is 0 Å². The van der Waals surface area contributed by atoms with Crippen molar-refractivity contribution in [2.45, 2.75) is 137 Å². The first-order valence-electron chi connectivity index (χ1n) is 14.8. The smallest absolute Gasteiger partial charge is 0.0884 e. The van der Waals surface area contributed by atoms with E-state index >= 15 is 0 Å². The number of hydrogen-bond donors (Lipinski definition) is 2. The molecule has 0 aromatic heterocycles. The van der Waals surface area contributed by atoms with E-state index < -0.39 is 11.7 Å². The molecule has 9 atom stereocenters. The van der Waals surface area contributed by atoms with Gasteiger partial charge < -0.3 is 14.9 Å². The molecule has 0 aromatic rings. The minimum Gasteiger partial charge on any atom is -0.393 e. The van der Waals surface area contributed by atoms with Crippen molar-refractivity contribution in [3.05, 3.63) is 12.2 Å². The van der Waals surface area contributed by atoms with Crippen molar-refractivity contribution in [2.24, 2.45) is 45.3 Å². The highest BCUT2D eigenvalue weighted by Crippen LogP contribution is 2.75. The molecule has 4 aliphatic carbocycles. The number of rotatable bonds is 7. The van der Waals surface area contributed by atoms with Crippen LogP contribution in [0.4, 0.5) is 0 Å². The van der Waals surface area contributed by atoms with E-state index in [0.29, 0.717) is 34.7 Å². The summed E-state index contributed by atoms with van der Waals surface area (Å²) in [5.41, 5.74) is 1.96. The molecule has 3 heteroatoms. The average Bonchev–Trinajstić information content (AvgIpc) is 3.13. The highest BCUT2D eigenvalue weighted by Gasteiger charge is 2.68. The molecule has 3 nitrogen and oxygen atoms in total. The van der Waals surface area contributed by atoms with Crippen LogP contribution in [0.15, 0.2) is 12.2 Å². The average molecular weight is 489 g/mol. The van der Waals surface area contributed by atoms with E-state index in [1.54, 1.807) is 0 Å². The third kappa shape index (κ3) is 4.09. The van der Waals surface area contributed by atoms with Gasteiger partial charge in [-0.15, -0.1) is 0 Å². The Bertz CT molecular complexity index is 801. The van der Waals surface area contributed by atoms with Crippen LogP contribution in [0.3, 0.4) is 0 Å². The lowest BCUT2D eigenvalue weighted by molar-refractivity contribution is -0.220. The minimum absolute atomic E-state index is 0.0225. The Labute approximate surface area is 216 Å². The summed E-state index contributed by atoms with van der Waals surface area (Å²) in [6.07, 6.45) is 11.0. The van der Waals surface area contributed by atoms with E-state index in [1.807, 2.05) is 20.8 Å². The van der Waals surface area contributed by atoms with E-state index in [-0.39, 0.29) is 11.5 Å². The van der Waals surface area contributed by atoms with Crippen LogP contribution >= 0.6 is 0 Å². The molecular weight excluding hydrogens is 432 g/mol. The molecule has 4 aliphatic rings. The molecule has 4 saturated carbocycles. The molecule has 2 N–H and O–H groups in total. The lowest BCUT2D eigenvalue weighted by Crippen LogP contribution is -2.63. The molecular formula is C32H56O3. The van der Waals surface area contributed by atoms with Crippen LogP contribution in [0, 0.1) is 45.3 Å². The fourth-order valence-electron chi connectivity index (χ4n) is 10.5. The molecule has 0 saturated heterocycles. The number of hydrogen-bond acceptors (Lipinski definition) is 3. The first-order valence-corrected chi connectivity index (χ1v) is 14.8. The molecule has 5 unspecified atom stereocenters. The van der Waals surface area contributed by atoms with Crippen LogP contribution < -0.4 is 0 Å². The highest BCUT2D eigenvalue weighted by molar-refractivity contribution is 5.20. The standard InChI is InChI=1S/C32H56O3/c1-10-35-29(5,6)27(34)14-11-21(2)22-15-19-31(8)23(22)12-13-25-30(7)18-17-26(33)28(3,4)24(30)16-20-32(25,31)9/h22-27,33-34H,2,10-20H2,1,3-9H3/t22-,23-,24+,25-,26?,27?,30?,31?,32?/m1/s1. The summed E-state index contributed by atoms with van der Waals surface area (Å²) >= 11 is 0. The van der Waals surface area contributed by atoms with Gasteiger partial charge in [0.2, 0.25) is 0 Å². The van der Waals surface area contributed by atoms with Crippen LogP contribution in [0.1, 0.15) is 120 Å². The minimum atomic E-state index is -0.500. The topological polar surface area (TPSA) is 49.7 Å². The van der Waals surface area contributed by atoms with Gasteiger partial charge in [0.05, 0.1) is 17.8 Å². The largest absolute Gasteiger partial charge is 0.393 e. The Hall–Kier alpha value is -0.380. The summed E-state index contributed by atoms with van der Waals surface area (Å²) in [6, 6.07) is 0. The molecule has 35 heavy (non-hydrogen) atoms. The van der Waals surface area contributed by atoms with E-state index in [9.17, 15) is 10.2 Å². The molecule has 0 spiro atoms. The molecule has 0 aromatic carbocycles. The van der Waals surface area contributed by atoms with Crippen LogP contribution in [-0.4, -0.2) is 34.6 Å². The predicted octanol–water partition coefficient (Wildman–Crippen LogP) is 7.54. The van der Waals surface area contributed by atoms with E-state index in [1.165, 1.54) is 50.5 Å². The second kappa shape index (κ2) is 9.12. The molecule has 202 valence electrons. The Morgan fingerprint density at radius 2 is 1.60 bits per heavy atom. The molecule has 0 amide bonds. The van der Waals surface area contributed by atoms with E-state index in [2.05, 4.69) is 41.2 Å². The van der Waals surface area contributed by atoms with Gasteiger partial charge in [0.15, 0.2) is 0 Å². The molecule has 0 bridgehead atoms. The molecule has 4 rings (SSSR count). The van der Waals surface area contributed by atoms with E-state index in [4.69, 9.17) is 4.74 Å². The van der Waals surface area contributed by atoms with Crippen molar-refractivity contribution < 1.29 is 14.9 Å². The maximum absolute atomic E-state index is 10.9. The lowest BCUT2D eigenvalue weighted by atomic mass is 9.35. The summed E-state index contributed by atoms with van der Waals surface area (Å²) in [4.78, 5) is 0. The Balaban J connectivity index is 1.51. The fraction of sp³-hybridized carbons (Fsp3) is 0.938. The lowest BCUT2D eigenvalue weighted by Gasteiger charge is -2.69. The SMILES string of the molecule is C=C(CCC(O)C(C)(C)OCC)[C@H]1CCC2(C)[C@@H]1CC[C@@H]1C3(C)CCC(O)C(C)(C)[C@@H]3CCC12C. The number of aliphatic hydroxyl groups excluding tert-OH is 2. The van der Waals surface area contributed by atoms with Gasteiger partial charge in [0, 0.05) is 6.61 Å². The number of allylic oxidation sites excluding steroid dienone is 1. The number of fused-ring (bicyclic) bond motifs is 5. The third-order valence-electron chi connectivity index (χ3n) is 13.0. The summed E-state index contributed by atoms with van der Waals surface area (Å²) in [6.45, 7) is 23.8. The monoisotopic (exact) mass is 488 g/mol. The van der Waals surface area contributed by atoms with E-state index in [0.717, 1.165) is 31.1 Å². The second-order valence-corrected chi connectivity index (χ2v) is 14.9. The second-order valence-electron chi connectivity index (χ2n) is 14.9. The summed E-state index contributed by atoms with van der Waals surface area (Å²) in [7, 11) is 0. The first-order chi connectivity index (χ1) is 16.1.